The number of guanidine groups is 1. The van der Waals surface area contributed by atoms with Gasteiger partial charge >= 0.3 is 5.97 Å². The molecule has 2 aromatic rings. The van der Waals surface area contributed by atoms with E-state index < -0.39 is 0 Å². The van der Waals surface area contributed by atoms with Crippen LogP contribution in [0.15, 0.2) is 48.0 Å². The minimum absolute atomic E-state index is 0.0741. The Morgan fingerprint density at radius 2 is 2.07 bits per heavy atom. The Morgan fingerprint density at radius 3 is 2.76 bits per heavy atom. The molecule has 1 aromatic carbocycles. The maximum absolute atomic E-state index is 12.1. The van der Waals surface area contributed by atoms with Gasteiger partial charge in [-0.2, -0.15) is 0 Å². The minimum atomic E-state index is -0.0958. The SMILES string of the molecule is CCNC(=NCc1ccc(Cn2ccnc2)cc1)N1CCCC(C(=O)OCC)C1. The van der Waals surface area contributed by atoms with Crippen LogP contribution in [0.5, 0.6) is 0 Å². The van der Waals surface area contributed by atoms with Crippen LogP contribution in [-0.2, 0) is 22.6 Å². The molecular weight excluding hydrogens is 366 g/mol. The average molecular weight is 398 g/mol. The van der Waals surface area contributed by atoms with Crippen molar-refractivity contribution in [3.63, 3.8) is 0 Å². The van der Waals surface area contributed by atoms with Gasteiger partial charge in [-0.05, 0) is 37.8 Å². The van der Waals surface area contributed by atoms with Gasteiger partial charge in [-0.3, -0.25) is 4.79 Å². The fourth-order valence-electron chi connectivity index (χ4n) is 3.56. The molecule has 0 saturated carbocycles. The molecule has 1 unspecified atom stereocenters. The van der Waals surface area contributed by atoms with E-state index in [0.717, 1.165) is 44.0 Å². The first kappa shape index (κ1) is 20.9. The summed E-state index contributed by atoms with van der Waals surface area (Å²) in [6, 6.07) is 8.51. The maximum atomic E-state index is 12.1. The fraction of sp³-hybridized carbons (Fsp3) is 0.500. The van der Waals surface area contributed by atoms with E-state index in [1.54, 1.807) is 6.20 Å². The van der Waals surface area contributed by atoms with Crippen molar-refractivity contribution in [1.82, 2.24) is 19.8 Å². The van der Waals surface area contributed by atoms with Crippen molar-refractivity contribution in [3.8, 4) is 0 Å². The van der Waals surface area contributed by atoms with Gasteiger partial charge in [-0.25, -0.2) is 9.98 Å². The third kappa shape index (κ3) is 6.07. The topological polar surface area (TPSA) is 71.8 Å². The Labute approximate surface area is 172 Å². The first-order valence-corrected chi connectivity index (χ1v) is 10.4. The summed E-state index contributed by atoms with van der Waals surface area (Å²) in [6.07, 6.45) is 7.43. The van der Waals surface area contributed by atoms with E-state index in [2.05, 4.69) is 46.4 Å². The van der Waals surface area contributed by atoms with Crippen LogP contribution in [0.1, 0.15) is 37.8 Å². The summed E-state index contributed by atoms with van der Waals surface area (Å²) in [5.74, 6) is 0.695. The highest BCUT2D eigenvalue weighted by atomic mass is 16.5. The molecule has 29 heavy (non-hydrogen) atoms. The monoisotopic (exact) mass is 397 g/mol. The number of piperidine rings is 1. The van der Waals surface area contributed by atoms with Crippen LogP contribution in [0.4, 0.5) is 0 Å². The van der Waals surface area contributed by atoms with E-state index in [-0.39, 0.29) is 11.9 Å². The van der Waals surface area contributed by atoms with Crippen LogP contribution in [-0.4, -0.2) is 52.6 Å². The second kappa shape index (κ2) is 10.6. The van der Waals surface area contributed by atoms with Gasteiger partial charge in [-0.15, -0.1) is 0 Å². The van der Waals surface area contributed by atoms with Gasteiger partial charge in [0.15, 0.2) is 5.96 Å². The standard InChI is InChI=1S/C22H31N5O2/c1-3-24-22(27-12-5-6-20(16-27)21(28)29-4-2)25-14-18-7-9-19(10-8-18)15-26-13-11-23-17-26/h7-11,13,17,20H,3-6,12,14-16H2,1-2H3,(H,24,25). The first-order chi connectivity index (χ1) is 14.2. The number of aromatic nitrogens is 2. The number of hydrogen-bond acceptors (Lipinski definition) is 4. The van der Waals surface area contributed by atoms with Crippen LogP contribution >= 0.6 is 0 Å². The van der Waals surface area contributed by atoms with Crippen molar-refractivity contribution in [2.75, 3.05) is 26.2 Å². The predicted octanol–water partition coefficient (Wildman–Crippen LogP) is 2.67. The zero-order valence-corrected chi connectivity index (χ0v) is 17.4. The maximum Gasteiger partial charge on any atom is 0.310 e. The zero-order valence-electron chi connectivity index (χ0n) is 17.4. The summed E-state index contributed by atoms with van der Waals surface area (Å²) in [4.78, 5) is 23.2. The molecule has 0 aliphatic carbocycles. The number of carbonyl (C=O) groups excluding carboxylic acids is 1. The summed E-state index contributed by atoms with van der Waals surface area (Å²) < 4.78 is 7.26. The molecule has 3 rings (SSSR count). The highest BCUT2D eigenvalue weighted by Crippen LogP contribution is 2.18. The van der Waals surface area contributed by atoms with Gasteiger partial charge in [-0.1, -0.05) is 24.3 Å². The summed E-state index contributed by atoms with van der Waals surface area (Å²) in [7, 11) is 0. The summed E-state index contributed by atoms with van der Waals surface area (Å²) in [5, 5.41) is 3.37. The fourth-order valence-corrected chi connectivity index (χ4v) is 3.56. The lowest BCUT2D eigenvalue weighted by Gasteiger charge is -2.34. The van der Waals surface area contributed by atoms with E-state index >= 15 is 0 Å². The van der Waals surface area contributed by atoms with Crippen LogP contribution in [0.2, 0.25) is 0 Å². The van der Waals surface area contributed by atoms with E-state index in [0.29, 0.717) is 19.7 Å². The van der Waals surface area contributed by atoms with Gasteiger partial charge in [0.1, 0.15) is 0 Å². The molecule has 0 spiro atoms. The molecule has 1 aliphatic rings. The number of likely N-dealkylation sites (tertiary alicyclic amines) is 1. The normalized spacial score (nSPS) is 17.2. The molecule has 2 heterocycles. The van der Waals surface area contributed by atoms with Gasteiger partial charge in [0, 0.05) is 38.6 Å². The molecule has 1 aliphatic heterocycles. The van der Waals surface area contributed by atoms with Gasteiger partial charge in [0.05, 0.1) is 25.4 Å². The number of nitrogens with zero attached hydrogens (tertiary/aromatic N) is 4. The quantitative estimate of drug-likeness (QED) is 0.442. The van der Waals surface area contributed by atoms with E-state index in [1.165, 1.54) is 5.56 Å². The van der Waals surface area contributed by atoms with Crippen LogP contribution in [0, 0.1) is 5.92 Å². The smallest absolute Gasteiger partial charge is 0.310 e. The number of benzene rings is 1. The zero-order chi connectivity index (χ0) is 20.5. The number of esters is 1. The Hall–Kier alpha value is -2.83. The third-order valence-electron chi connectivity index (χ3n) is 5.03. The molecule has 0 radical (unpaired) electrons. The largest absolute Gasteiger partial charge is 0.466 e. The van der Waals surface area contributed by atoms with Crippen molar-refractivity contribution in [3.05, 3.63) is 54.1 Å². The van der Waals surface area contributed by atoms with Gasteiger partial charge < -0.3 is 19.5 Å². The third-order valence-corrected chi connectivity index (χ3v) is 5.03. The number of aliphatic imine (C=N–C) groups is 1. The average Bonchev–Trinajstić information content (AvgIpc) is 3.25. The van der Waals surface area contributed by atoms with E-state index in [4.69, 9.17) is 9.73 Å². The van der Waals surface area contributed by atoms with E-state index in [1.807, 2.05) is 24.0 Å². The number of ether oxygens (including phenoxy) is 1. The summed E-state index contributed by atoms with van der Waals surface area (Å²) >= 11 is 0. The summed E-state index contributed by atoms with van der Waals surface area (Å²) in [6.45, 7) is 8.13. The molecule has 7 heteroatoms. The molecule has 0 bridgehead atoms. The lowest BCUT2D eigenvalue weighted by molar-refractivity contribution is -0.149. The van der Waals surface area contributed by atoms with Crippen molar-refractivity contribution < 1.29 is 9.53 Å². The van der Waals surface area contributed by atoms with Crippen molar-refractivity contribution in [2.24, 2.45) is 10.9 Å². The molecule has 7 nitrogen and oxygen atoms in total. The lowest BCUT2D eigenvalue weighted by atomic mass is 9.98. The number of carbonyl (C=O) groups is 1. The minimum Gasteiger partial charge on any atom is -0.466 e. The molecular formula is C22H31N5O2. The van der Waals surface area contributed by atoms with Gasteiger partial charge in [0.25, 0.3) is 0 Å². The number of hydrogen-bond donors (Lipinski definition) is 1. The molecule has 0 amide bonds. The Bertz CT molecular complexity index is 786. The molecule has 1 atom stereocenters. The van der Waals surface area contributed by atoms with Crippen molar-refractivity contribution in [2.45, 2.75) is 39.8 Å². The Balaban J connectivity index is 1.61. The second-order valence-electron chi connectivity index (χ2n) is 7.26. The lowest BCUT2D eigenvalue weighted by Crippen LogP contribution is -2.48. The van der Waals surface area contributed by atoms with Crippen molar-refractivity contribution >= 4 is 11.9 Å². The predicted molar refractivity (Wildman–Crippen MR) is 114 cm³/mol. The van der Waals surface area contributed by atoms with Crippen LogP contribution < -0.4 is 5.32 Å². The van der Waals surface area contributed by atoms with Crippen LogP contribution in [0.25, 0.3) is 0 Å². The Morgan fingerprint density at radius 1 is 1.28 bits per heavy atom. The first-order valence-electron chi connectivity index (χ1n) is 10.4. The second-order valence-corrected chi connectivity index (χ2v) is 7.26. The highest BCUT2D eigenvalue weighted by Gasteiger charge is 2.28. The number of rotatable bonds is 7. The molecule has 1 aromatic heterocycles. The van der Waals surface area contributed by atoms with Gasteiger partial charge in [0.2, 0.25) is 0 Å². The van der Waals surface area contributed by atoms with E-state index in [9.17, 15) is 4.79 Å². The molecule has 156 valence electrons. The van der Waals surface area contributed by atoms with Crippen molar-refractivity contribution in [1.29, 1.82) is 0 Å². The number of imidazole rings is 1. The Kier molecular flexibility index (Phi) is 7.67. The molecule has 1 fully saturated rings. The number of nitrogens with one attached hydrogen (secondary N) is 1. The van der Waals surface area contributed by atoms with Crippen LogP contribution in [0.3, 0.4) is 0 Å². The molecule has 1 saturated heterocycles. The summed E-state index contributed by atoms with van der Waals surface area (Å²) in [5.41, 5.74) is 2.39. The highest BCUT2D eigenvalue weighted by molar-refractivity contribution is 5.81. The molecule has 1 N–H and O–H groups in total.